The van der Waals surface area contributed by atoms with E-state index in [1.165, 1.54) is 5.06 Å². The number of rotatable bonds is 4. The summed E-state index contributed by atoms with van der Waals surface area (Å²) in [4.78, 5) is 11.3. The predicted octanol–water partition coefficient (Wildman–Crippen LogP) is 1.98. The van der Waals surface area contributed by atoms with Crippen LogP contribution in [0.4, 0.5) is 0 Å². The third-order valence-electron chi connectivity index (χ3n) is 3.34. The van der Waals surface area contributed by atoms with Gasteiger partial charge in [0.25, 0.3) is 0 Å². The zero-order valence-corrected chi connectivity index (χ0v) is 12.0. The number of ether oxygens (including phenoxy) is 2. The highest BCUT2D eigenvalue weighted by Crippen LogP contribution is 2.37. The van der Waals surface area contributed by atoms with E-state index in [9.17, 15) is 10.0 Å². The van der Waals surface area contributed by atoms with Crippen LogP contribution in [0.15, 0.2) is 0 Å². The molecule has 1 saturated heterocycles. The van der Waals surface area contributed by atoms with E-state index < -0.39 is 0 Å². The van der Waals surface area contributed by atoms with Crippen molar-refractivity contribution in [3.63, 3.8) is 0 Å². The number of carbonyl (C=O) groups is 1. The second-order valence-electron chi connectivity index (χ2n) is 6.08. The molecule has 0 bridgehead atoms. The molecule has 0 amide bonds. The van der Waals surface area contributed by atoms with Gasteiger partial charge in [-0.05, 0) is 47.5 Å². The largest absolute Gasteiger partial charge is 0.464 e. The number of esters is 1. The molecule has 18 heavy (non-hydrogen) atoms. The van der Waals surface area contributed by atoms with Gasteiger partial charge in [-0.25, -0.2) is 4.79 Å². The van der Waals surface area contributed by atoms with E-state index in [0.717, 1.165) is 0 Å². The Morgan fingerprint density at radius 3 is 2.22 bits per heavy atom. The summed E-state index contributed by atoms with van der Waals surface area (Å²) in [6.45, 7) is 9.99. The Balaban J connectivity index is 2.56. The molecular weight excluding hydrogens is 234 g/mol. The third-order valence-corrected chi connectivity index (χ3v) is 3.34. The second-order valence-corrected chi connectivity index (χ2v) is 6.08. The van der Waals surface area contributed by atoms with Crippen molar-refractivity contribution in [1.82, 2.24) is 5.06 Å². The summed E-state index contributed by atoms with van der Waals surface area (Å²) in [6, 6.07) is 0. The fraction of sp³-hybridized carbons (Fsp3) is 0.923. The van der Waals surface area contributed by atoms with Gasteiger partial charge < -0.3 is 14.7 Å². The average molecular weight is 259 g/mol. The molecule has 106 valence electrons. The van der Waals surface area contributed by atoms with Crippen LogP contribution < -0.4 is 0 Å². The second kappa shape index (κ2) is 5.55. The Morgan fingerprint density at radius 1 is 1.28 bits per heavy atom. The van der Waals surface area contributed by atoms with Crippen molar-refractivity contribution >= 4 is 5.97 Å². The van der Waals surface area contributed by atoms with Gasteiger partial charge in [-0.15, -0.1) is 0 Å². The molecule has 0 aromatic heterocycles. The van der Waals surface area contributed by atoms with Crippen LogP contribution >= 0.6 is 0 Å². The summed E-state index contributed by atoms with van der Waals surface area (Å²) in [5, 5.41) is 11.5. The fourth-order valence-corrected chi connectivity index (χ4v) is 2.69. The highest BCUT2D eigenvalue weighted by molar-refractivity contribution is 5.70. The summed E-state index contributed by atoms with van der Waals surface area (Å²) in [5.41, 5.74) is -0.720. The maximum atomic E-state index is 11.3. The lowest BCUT2D eigenvalue weighted by Crippen LogP contribution is -2.60. The normalized spacial score (nSPS) is 23.9. The van der Waals surface area contributed by atoms with Crippen molar-refractivity contribution in [2.45, 2.75) is 64.6 Å². The molecule has 0 saturated carbocycles. The maximum Gasteiger partial charge on any atom is 0.332 e. The average Bonchev–Trinajstić information content (AvgIpc) is 2.23. The molecule has 0 aliphatic carbocycles. The zero-order chi connectivity index (χ0) is 14.0. The van der Waals surface area contributed by atoms with Crippen molar-refractivity contribution in [1.29, 1.82) is 0 Å². The van der Waals surface area contributed by atoms with Gasteiger partial charge in [-0.1, -0.05) is 0 Å². The van der Waals surface area contributed by atoms with Gasteiger partial charge in [-0.2, -0.15) is 5.06 Å². The number of hydrogen-bond donors (Lipinski definition) is 1. The van der Waals surface area contributed by atoms with Gasteiger partial charge in [-0.3, -0.25) is 0 Å². The molecule has 1 aliphatic heterocycles. The lowest BCUT2D eigenvalue weighted by atomic mass is 9.80. The van der Waals surface area contributed by atoms with Gasteiger partial charge >= 0.3 is 5.97 Å². The molecule has 0 atom stereocenters. The summed E-state index contributed by atoms with van der Waals surface area (Å²) in [5.74, 6) is -0.334. The van der Waals surface area contributed by atoms with E-state index in [1.54, 1.807) is 6.92 Å². The molecule has 1 rings (SSSR count). The van der Waals surface area contributed by atoms with E-state index in [2.05, 4.69) is 0 Å². The minimum Gasteiger partial charge on any atom is -0.464 e. The van der Waals surface area contributed by atoms with Crippen LogP contribution in [0, 0.1) is 0 Å². The molecule has 1 aliphatic rings. The quantitative estimate of drug-likeness (QED) is 0.782. The van der Waals surface area contributed by atoms with E-state index >= 15 is 0 Å². The Bertz CT molecular complexity index is 283. The number of hydroxylamine groups is 2. The fourth-order valence-electron chi connectivity index (χ4n) is 2.69. The van der Waals surface area contributed by atoms with Crippen LogP contribution in [0.2, 0.25) is 0 Å². The first-order valence-electron chi connectivity index (χ1n) is 6.45. The zero-order valence-electron chi connectivity index (χ0n) is 12.0. The first kappa shape index (κ1) is 15.4. The van der Waals surface area contributed by atoms with Crippen LogP contribution in [0.1, 0.15) is 47.5 Å². The lowest BCUT2D eigenvalue weighted by molar-refractivity contribution is -0.261. The van der Waals surface area contributed by atoms with Gasteiger partial charge in [0.1, 0.15) is 6.61 Å². The first-order chi connectivity index (χ1) is 8.19. The molecule has 1 N–H and O–H groups in total. The number of carbonyl (C=O) groups excluding carboxylic acids is 1. The molecule has 0 unspecified atom stereocenters. The molecule has 1 fully saturated rings. The van der Waals surface area contributed by atoms with Crippen molar-refractivity contribution in [3.8, 4) is 0 Å². The minimum atomic E-state index is -0.360. The smallest absolute Gasteiger partial charge is 0.332 e. The van der Waals surface area contributed by atoms with Crippen molar-refractivity contribution < 1.29 is 19.5 Å². The Labute approximate surface area is 109 Å². The van der Waals surface area contributed by atoms with Gasteiger partial charge in [0, 0.05) is 11.1 Å². The van der Waals surface area contributed by atoms with E-state index in [0.29, 0.717) is 19.4 Å². The number of nitrogens with zero attached hydrogens (tertiary/aromatic N) is 1. The molecule has 0 spiro atoms. The van der Waals surface area contributed by atoms with Crippen LogP contribution in [0.3, 0.4) is 0 Å². The SMILES string of the molecule is CCOC(=O)COC1CC(C)(C)N(O)C(C)(C)C1. The molecule has 5 heteroatoms. The monoisotopic (exact) mass is 259 g/mol. The lowest BCUT2D eigenvalue weighted by Gasteiger charge is -2.51. The minimum absolute atomic E-state index is 0.0178. The van der Waals surface area contributed by atoms with E-state index in [4.69, 9.17) is 9.47 Å². The molecule has 0 aromatic rings. The summed E-state index contributed by atoms with van der Waals surface area (Å²) < 4.78 is 10.4. The number of hydrogen-bond acceptors (Lipinski definition) is 5. The topological polar surface area (TPSA) is 59.0 Å². The van der Waals surface area contributed by atoms with Crippen molar-refractivity contribution in [2.75, 3.05) is 13.2 Å². The van der Waals surface area contributed by atoms with Crippen LogP contribution in [-0.2, 0) is 14.3 Å². The third kappa shape index (κ3) is 3.67. The summed E-state index contributed by atoms with van der Waals surface area (Å²) >= 11 is 0. The van der Waals surface area contributed by atoms with Crippen molar-refractivity contribution in [3.05, 3.63) is 0 Å². The highest BCUT2D eigenvalue weighted by Gasteiger charge is 2.45. The first-order valence-corrected chi connectivity index (χ1v) is 6.45. The highest BCUT2D eigenvalue weighted by atomic mass is 16.6. The van der Waals surface area contributed by atoms with Gasteiger partial charge in [0.05, 0.1) is 12.7 Å². The van der Waals surface area contributed by atoms with Crippen molar-refractivity contribution in [2.24, 2.45) is 0 Å². The molecule has 1 heterocycles. The Kier molecular flexibility index (Phi) is 4.75. The Morgan fingerprint density at radius 2 is 1.78 bits per heavy atom. The molecule has 5 nitrogen and oxygen atoms in total. The maximum absolute atomic E-state index is 11.3. The standard InChI is InChI=1S/C13H25NO4/c1-6-17-11(15)9-18-10-7-12(2,3)14(16)13(4,5)8-10/h10,16H,6-9H2,1-5H3. The summed E-state index contributed by atoms with van der Waals surface area (Å²) in [7, 11) is 0. The van der Waals surface area contributed by atoms with E-state index in [-0.39, 0.29) is 29.8 Å². The van der Waals surface area contributed by atoms with Gasteiger partial charge in [0.2, 0.25) is 0 Å². The van der Waals surface area contributed by atoms with Gasteiger partial charge in [0.15, 0.2) is 0 Å². The van der Waals surface area contributed by atoms with E-state index in [1.807, 2.05) is 27.7 Å². The van der Waals surface area contributed by atoms with Crippen LogP contribution in [0.25, 0.3) is 0 Å². The predicted molar refractivity (Wildman–Crippen MR) is 67.4 cm³/mol. The van der Waals surface area contributed by atoms with Crippen LogP contribution in [-0.4, -0.2) is 46.6 Å². The summed E-state index contributed by atoms with van der Waals surface area (Å²) in [6.07, 6.45) is 1.33. The Hall–Kier alpha value is -0.650. The number of piperidine rings is 1. The molecule has 0 radical (unpaired) electrons. The molecule has 0 aromatic carbocycles. The molecular formula is C13H25NO4. The van der Waals surface area contributed by atoms with Crippen LogP contribution in [0.5, 0.6) is 0 Å².